The van der Waals surface area contributed by atoms with Gasteiger partial charge in [0.25, 0.3) is 0 Å². The molecule has 2 aromatic rings. The molecular weight excluding hydrogens is 258 g/mol. The highest BCUT2D eigenvalue weighted by Crippen LogP contribution is 2.28. The largest absolute Gasteiger partial charge is 0.493 e. The number of ether oxygens (including phenoxy) is 3. The molecule has 0 amide bonds. The number of pyridine rings is 1. The van der Waals surface area contributed by atoms with E-state index < -0.39 is 5.97 Å². The highest BCUT2D eigenvalue weighted by atomic mass is 16.5. The Morgan fingerprint density at radius 1 is 1.15 bits per heavy atom. The molecule has 2 rings (SSSR count). The van der Waals surface area contributed by atoms with Gasteiger partial charge in [0.05, 0.1) is 25.5 Å². The van der Waals surface area contributed by atoms with E-state index in [0.29, 0.717) is 23.7 Å². The van der Waals surface area contributed by atoms with Crippen LogP contribution in [0.1, 0.15) is 16.1 Å². The highest BCUT2D eigenvalue weighted by molar-refractivity contribution is 5.90. The Labute approximate surface area is 117 Å². The van der Waals surface area contributed by atoms with Crippen LogP contribution in [0.4, 0.5) is 0 Å². The number of hydrogen-bond acceptors (Lipinski definition) is 5. The smallest absolute Gasteiger partial charge is 0.337 e. The SMILES string of the molecule is COC(=O)c1ccc(OC)c(OCc2ccccn2)c1. The topological polar surface area (TPSA) is 57.7 Å². The summed E-state index contributed by atoms with van der Waals surface area (Å²) in [5, 5.41) is 0. The van der Waals surface area contributed by atoms with E-state index in [1.54, 1.807) is 31.5 Å². The van der Waals surface area contributed by atoms with Crippen LogP contribution in [0.25, 0.3) is 0 Å². The summed E-state index contributed by atoms with van der Waals surface area (Å²) in [4.78, 5) is 15.7. The Hall–Kier alpha value is -2.56. The molecule has 0 radical (unpaired) electrons. The van der Waals surface area contributed by atoms with Crippen LogP contribution < -0.4 is 9.47 Å². The second kappa shape index (κ2) is 6.56. The lowest BCUT2D eigenvalue weighted by atomic mass is 10.2. The maximum Gasteiger partial charge on any atom is 0.337 e. The maximum atomic E-state index is 11.5. The lowest BCUT2D eigenvalue weighted by Crippen LogP contribution is -2.04. The first kappa shape index (κ1) is 13.9. The van der Waals surface area contributed by atoms with Crippen molar-refractivity contribution in [1.29, 1.82) is 0 Å². The van der Waals surface area contributed by atoms with Gasteiger partial charge in [-0.15, -0.1) is 0 Å². The fourth-order valence-electron chi connectivity index (χ4n) is 1.67. The van der Waals surface area contributed by atoms with Crippen molar-refractivity contribution in [1.82, 2.24) is 4.98 Å². The molecule has 5 heteroatoms. The van der Waals surface area contributed by atoms with E-state index in [4.69, 9.17) is 9.47 Å². The number of methoxy groups -OCH3 is 2. The normalized spacial score (nSPS) is 9.90. The first-order chi connectivity index (χ1) is 9.74. The van der Waals surface area contributed by atoms with Gasteiger partial charge in [-0.1, -0.05) is 6.07 Å². The average molecular weight is 273 g/mol. The standard InChI is InChI=1S/C15H15NO4/c1-18-13-7-6-11(15(17)19-2)9-14(13)20-10-12-5-3-4-8-16-12/h3-9H,10H2,1-2H3. The van der Waals surface area contributed by atoms with Crippen molar-refractivity contribution in [3.63, 3.8) is 0 Å². The molecule has 0 atom stereocenters. The van der Waals surface area contributed by atoms with Crippen molar-refractivity contribution >= 4 is 5.97 Å². The van der Waals surface area contributed by atoms with E-state index in [2.05, 4.69) is 9.72 Å². The minimum absolute atomic E-state index is 0.293. The Morgan fingerprint density at radius 2 is 2.00 bits per heavy atom. The van der Waals surface area contributed by atoms with Gasteiger partial charge in [-0.25, -0.2) is 4.79 Å². The van der Waals surface area contributed by atoms with Crippen LogP contribution in [-0.4, -0.2) is 25.2 Å². The number of carbonyl (C=O) groups is 1. The van der Waals surface area contributed by atoms with Gasteiger partial charge in [0.1, 0.15) is 6.61 Å². The third-order valence-corrected chi connectivity index (χ3v) is 2.69. The van der Waals surface area contributed by atoms with Crippen molar-refractivity contribution in [2.24, 2.45) is 0 Å². The molecule has 0 fully saturated rings. The van der Waals surface area contributed by atoms with Crippen LogP contribution in [0.2, 0.25) is 0 Å². The molecule has 0 spiro atoms. The summed E-state index contributed by atoms with van der Waals surface area (Å²) >= 11 is 0. The zero-order valence-electron chi connectivity index (χ0n) is 11.3. The van der Waals surface area contributed by atoms with Gasteiger partial charge in [-0.3, -0.25) is 4.98 Å². The van der Waals surface area contributed by atoms with Crippen LogP contribution in [0, 0.1) is 0 Å². The van der Waals surface area contributed by atoms with Crippen molar-refractivity contribution in [3.8, 4) is 11.5 Å². The number of hydrogen-bond donors (Lipinski definition) is 0. The lowest BCUT2D eigenvalue weighted by molar-refractivity contribution is 0.0600. The van der Waals surface area contributed by atoms with Crippen LogP contribution in [-0.2, 0) is 11.3 Å². The maximum absolute atomic E-state index is 11.5. The van der Waals surface area contributed by atoms with E-state index in [0.717, 1.165) is 5.69 Å². The molecule has 5 nitrogen and oxygen atoms in total. The van der Waals surface area contributed by atoms with Gasteiger partial charge in [0.15, 0.2) is 11.5 Å². The van der Waals surface area contributed by atoms with Gasteiger partial charge >= 0.3 is 5.97 Å². The van der Waals surface area contributed by atoms with Gasteiger partial charge in [-0.05, 0) is 30.3 Å². The van der Waals surface area contributed by atoms with Crippen molar-refractivity contribution < 1.29 is 19.0 Å². The molecule has 0 N–H and O–H groups in total. The first-order valence-corrected chi connectivity index (χ1v) is 6.03. The molecule has 0 aliphatic heterocycles. The fourth-order valence-corrected chi connectivity index (χ4v) is 1.67. The summed E-state index contributed by atoms with van der Waals surface area (Å²) in [6.07, 6.45) is 1.70. The van der Waals surface area contributed by atoms with Crippen molar-refractivity contribution in [3.05, 3.63) is 53.9 Å². The summed E-state index contributed by atoms with van der Waals surface area (Å²) in [5.41, 5.74) is 1.20. The molecule has 0 saturated carbocycles. The van der Waals surface area contributed by atoms with Crippen molar-refractivity contribution in [2.45, 2.75) is 6.61 Å². The van der Waals surface area contributed by atoms with Gasteiger partial charge < -0.3 is 14.2 Å². The van der Waals surface area contributed by atoms with Gasteiger partial charge in [0.2, 0.25) is 0 Å². The minimum atomic E-state index is -0.421. The number of nitrogens with zero attached hydrogens (tertiary/aromatic N) is 1. The number of rotatable bonds is 5. The zero-order valence-corrected chi connectivity index (χ0v) is 11.3. The molecule has 104 valence electrons. The third kappa shape index (κ3) is 3.26. The zero-order chi connectivity index (χ0) is 14.4. The molecule has 20 heavy (non-hydrogen) atoms. The molecule has 0 unspecified atom stereocenters. The van der Waals surface area contributed by atoms with E-state index >= 15 is 0 Å². The lowest BCUT2D eigenvalue weighted by Gasteiger charge is -2.11. The summed E-state index contributed by atoms with van der Waals surface area (Å²) in [5.74, 6) is 0.602. The first-order valence-electron chi connectivity index (χ1n) is 6.03. The average Bonchev–Trinajstić information content (AvgIpc) is 2.52. The third-order valence-electron chi connectivity index (χ3n) is 2.69. The van der Waals surface area contributed by atoms with E-state index in [1.807, 2.05) is 18.2 Å². The molecule has 0 saturated heterocycles. The van der Waals surface area contributed by atoms with Gasteiger partial charge in [-0.2, -0.15) is 0 Å². The quantitative estimate of drug-likeness (QED) is 0.783. The summed E-state index contributed by atoms with van der Waals surface area (Å²) < 4.78 is 15.5. The Balaban J connectivity index is 2.18. The van der Waals surface area contributed by atoms with Crippen LogP contribution in [0.5, 0.6) is 11.5 Å². The Bertz CT molecular complexity index is 584. The summed E-state index contributed by atoms with van der Waals surface area (Å²) in [7, 11) is 2.88. The predicted molar refractivity (Wildman–Crippen MR) is 72.9 cm³/mol. The molecular formula is C15H15NO4. The predicted octanol–water partition coefficient (Wildman–Crippen LogP) is 2.46. The number of aromatic nitrogens is 1. The number of carbonyl (C=O) groups excluding carboxylic acids is 1. The number of esters is 1. The monoisotopic (exact) mass is 273 g/mol. The molecule has 1 aromatic carbocycles. The van der Waals surface area contributed by atoms with Gasteiger partial charge in [0, 0.05) is 6.20 Å². The van der Waals surface area contributed by atoms with Crippen LogP contribution in [0.3, 0.4) is 0 Å². The summed E-state index contributed by atoms with van der Waals surface area (Å²) in [6, 6.07) is 10.5. The molecule has 0 aliphatic carbocycles. The molecule has 1 aromatic heterocycles. The second-order valence-electron chi connectivity index (χ2n) is 3.97. The van der Waals surface area contributed by atoms with E-state index in [9.17, 15) is 4.79 Å². The van der Waals surface area contributed by atoms with Crippen LogP contribution in [0.15, 0.2) is 42.6 Å². The molecule has 1 heterocycles. The number of benzene rings is 1. The Morgan fingerprint density at radius 3 is 2.65 bits per heavy atom. The minimum Gasteiger partial charge on any atom is -0.493 e. The molecule has 0 bridgehead atoms. The van der Waals surface area contributed by atoms with Crippen molar-refractivity contribution in [2.75, 3.05) is 14.2 Å². The Kier molecular flexibility index (Phi) is 4.55. The van der Waals surface area contributed by atoms with Crippen LogP contribution >= 0.6 is 0 Å². The second-order valence-corrected chi connectivity index (χ2v) is 3.97. The van der Waals surface area contributed by atoms with E-state index in [-0.39, 0.29) is 0 Å². The van der Waals surface area contributed by atoms with E-state index in [1.165, 1.54) is 7.11 Å². The summed E-state index contributed by atoms with van der Waals surface area (Å²) in [6.45, 7) is 0.293. The molecule has 0 aliphatic rings. The highest BCUT2D eigenvalue weighted by Gasteiger charge is 2.11. The fraction of sp³-hybridized carbons (Fsp3) is 0.200.